The molecule has 3 heterocycles. The molecule has 1 unspecified atom stereocenters. The van der Waals surface area contributed by atoms with Crippen molar-refractivity contribution in [3.05, 3.63) is 112 Å². The molecule has 10 nitrogen and oxygen atoms in total. The predicted molar refractivity (Wildman–Crippen MR) is 162 cm³/mol. The largest absolute Gasteiger partial charge is 0.382 e. The molecule has 0 saturated heterocycles. The van der Waals surface area contributed by atoms with Crippen molar-refractivity contribution < 1.29 is 9.59 Å². The van der Waals surface area contributed by atoms with Crippen LogP contribution in [0.3, 0.4) is 0 Å². The van der Waals surface area contributed by atoms with E-state index in [9.17, 15) is 14.4 Å². The topological polar surface area (TPSA) is 136 Å². The first-order valence-electron chi connectivity index (χ1n) is 13.3. The number of fused-ring (bicyclic) bond motifs is 2. The number of aryl methyl sites for hydroxylation is 1. The molecule has 0 aliphatic heterocycles. The van der Waals surface area contributed by atoms with Gasteiger partial charge in [-0.15, -0.1) is 0 Å². The van der Waals surface area contributed by atoms with E-state index in [0.717, 1.165) is 0 Å². The van der Waals surface area contributed by atoms with Crippen molar-refractivity contribution in [2.75, 3.05) is 12.3 Å². The zero-order valence-corrected chi connectivity index (χ0v) is 23.2. The van der Waals surface area contributed by atoms with E-state index in [4.69, 9.17) is 5.73 Å². The average molecular weight is 560 g/mol. The molecule has 10 heteroatoms. The predicted octanol–water partition coefficient (Wildman–Crippen LogP) is 3.46. The summed E-state index contributed by atoms with van der Waals surface area (Å²) in [6.07, 6.45) is 1.61. The highest BCUT2D eigenvalue weighted by Gasteiger charge is 2.23. The van der Waals surface area contributed by atoms with Crippen LogP contribution in [0, 0.1) is 18.8 Å². The number of nitrogens with one attached hydrogen (secondary N) is 2. The molecular weight excluding hydrogens is 530 g/mol. The van der Waals surface area contributed by atoms with Crippen molar-refractivity contribution in [1.29, 1.82) is 0 Å². The van der Waals surface area contributed by atoms with E-state index in [0.29, 0.717) is 52.0 Å². The number of amides is 2. The average Bonchev–Trinajstić information content (AvgIpc) is 3.31. The number of aromatic nitrogens is 4. The summed E-state index contributed by atoms with van der Waals surface area (Å²) in [5, 5.41) is 11.2. The van der Waals surface area contributed by atoms with Gasteiger partial charge in [-0.25, -0.2) is 9.50 Å². The minimum atomic E-state index is -0.604. The maximum absolute atomic E-state index is 14.1. The van der Waals surface area contributed by atoms with Crippen LogP contribution in [0.4, 0.5) is 5.82 Å². The molecule has 5 aromatic rings. The van der Waals surface area contributed by atoms with E-state index in [1.54, 1.807) is 29.7 Å². The third kappa shape index (κ3) is 5.48. The lowest BCUT2D eigenvalue weighted by Crippen LogP contribution is -2.33. The number of nitrogens with two attached hydrogens (primary N) is 1. The van der Waals surface area contributed by atoms with Gasteiger partial charge in [0.2, 0.25) is 5.91 Å². The van der Waals surface area contributed by atoms with Gasteiger partial charge in [0, 0.05) is 29.9 Å². The first-order valence-corrected chi connectivity index (χ1v) is 13.3. The number of nitrogen functional groups attached to an aromatic ring is 1. The van der Waals surface area contributed by atoms with E-state index < -0.39 is 11.9 Å². The number of carbonyl (C=O) groups excluding carboxylic acids is 2. The van der Waals surface area contributed by atoms with Crippen molar-refractivity contribution >= 4 is 34.1 Å². The second kappa shape index (κ2) is 11.8. The fraction of sp³-hybridized carbons (Fsp3) is 0.156. The zero-order chi connectivity index (χ0) is 29.8. The van der Waals surface area contributed by atoms with Gasteiger partial charge in [0.05, 0.1) is 17.1 Å². The van der Waals surface area contributed by atoms with Gasteiger partial charge in [0.25, 0.3) is 11.5 Å². The van der Waals surface area contributed by atoms with Crippen LogP contribution in [0.1, 0.15) is 46.8 Å². The SMILES string of the molecule is C=CC(=O)NCCC#Cc1cccc2cc(C(C)NC(=O)c3c(N)nc4ccc(C)nn34)n(-c3ccccc3)c(=O)c12. The Balaban J connectivity index is 1.56. The Morgan fingerprint density at radius 3 is 2.67 bits per heavy atom. The maximum Gasteiger partial charge on any atom is 0.274 e. The molecule has 3 aromatic heterocycles. The third-order valence-electron chi connectivity index (χ3n) is 6.69. The number of para-hydroxylation sites is 1. The second-order valence-electron chi connectivity index (χ2n) is 9.65. The van der Waals surface area contributed by atoms with Gasteiger partial charge in [-0.1, -0.05) is 48.8 Å². The van der Waals surface area contributed by atoms with Gasteiger partial charge in [-0.05, 0) is 61.7 Å². The summed E-state index contributed by atoms with van der Waals surface area (Å²) >= 11 is 0. The number of nitrogens with zero attached hydrogens (tertiary/aromatic N) is 4. The van der Waals surface area contributed by atoms with E-state index in [-0.39, 0.29) is 23.0 Å². The summed E-state index contributed by atoms with van der Waals surface area (Å²) in [7, 11) is 0. The fourth-order valence-electron chi connectivity index (χ4n) is 4.72. The quantitative estimate of drug-likeness (QED) is 0.159. The molecule has 0 radical (unpaired) electrons. The second-order valence-corrected chi connectivity index (χ2v) is 9.65. The van der Waals surface area contributed by atoms with Gasteiger partial charge in [-0.2, -0.15) is 5.10 Å². The Kier molecular flexibility index (Phi) is 7.84. The number of pyridine rings is 1. The number of anilines is 1. The van der Waals surface area contributed by atoms with Crippen molar-refractivity contribution in [3.63, 3.8) is 0 Å². The zero-order valence-electron chi connectivity index (χ0n) is 23.2. The molecule has 0 spiro atoms. The van der Waals surface area contributed by atoms with Gasteiger partial charge < -0.3 is 16.4 Å². The summed E-state index contributed by atoms with van der Waals surface area (Å²) in [6.45, 7) is 7.41. The maximum atomic E-state index is 14.1. The summed E-state index contributed by atoms with van der Waals surface area (Å²) in [5.41, 5.74) is 8.90. The fourth-order valence-corrected chi connectivity index (χ4v) is 4.72. The molecule has 0 fully saturated rings. The standard InChI is InChI=1S/C32H29N7O3/c1-4-27(40)34-18-9-8-11-22-12-10-13-23-19-25(38(32(42)28(22)23)24-14-6-5-7-15-24)21(3)35-31(41)29-30(33)36-26-17-16-20(2)37-39(26)29/h4-7,10,12-17,19,21H,1,9,18,33H2,2-3H3,(H,34,40)(H,35,41). The number of hydrogen-bond acceptors (Lipinski definition) is 6. The first-order chi connectivity index (χ1) is 20.3. The molecule has 42 heavy (non-hydrogen) atoms. The number of imidazole rings is 1. The normalized spacial score (nSPS) is 11.5. The summed E-state index contributed by atoms with van der Waals surface area (Å²) in [6, 6.07) is 19.5. The Morgan fingerprint density at radius 2 is 1.90 bits per heavy atom. The summed E-state index contributed by atoms with van der Waals surface area (Å²) in [4.78, 5) is 43.3. The van der Waals surface area contributed by atoms with Crippen LogP contribution in [0.15, 0.2) is 84.2 Å². The van der Waals surface area contributed by atoms with Crippen molar-refractivity contribution in [1.82, 2.24) is 29.8 Å². The van der Waals surface area contributed by atoms with Crippen LogP contribution in [-0.2, 0) is 4.79 Å². The Bertz CT molecular complexity index is 1960. The van der Waals surface area contributed by atoms with Gasteiger partial charge >= 0.3 is 0 Å². The highest BCUT2D eigenvalue weighted by Crippen LogP contribution is 2.24. The number of benzene rings is 2. The van der Waals surface area contributed by atoms with Crippen LogP contribution in [-0.4, -0.2) is 37.5 Å². The first kappa shape index (κ1) is 27.9. The highest BCUT2D eigenvalue weighted by atomic mass is 16.2. The molecular formula is C32H29N7O3. The third-order valence-corrected chi connectivity index (χ3v) is 6.69. The van der Waals surface area contributed by atoms with Crippen LogP contribution in [0.5, 0.6) is 0 Å². The number of rotatable bonds is 7. The van der Waals surface area contributed by atoms with E-state index in [1.807, 2.05) is 55.5 Å². The van der Waals surface area contributed by atoms with Gasteiger partial charge in [0.1, 0.15) is 0 Å². The Morgan fingerprint density at radius 1 is 1.12 bits per heavy atom. The van der Waals surface area contributed by atoms with Crippen LogP contribution in [0.2, 0.25) is 0 Å². The molecule has 2 amide bonds. The Hall–Kier alpha value is -5.69. The van der Waals surface area contributed by atoms with E-state index in [2.05, 4.69) is 39.1 Å². The molecule has 0 aliphatic rings. The van der Waals surface area contributed by atoms with Crippen molar-refractivity contribution in [2.24, 2.45) is 0 Å². The lowest BCUT2D eigenvalue weighted by atomic mass is 10.0. The Labute approximate surface area is 241 Å². The lowest BCUT2D eigenvalue weighted by molar-refractivity contribution is -0.116. The number of hydrogen-bond donors (Lipinski definition) is 3. The highest BCUT2D eigenvalue weighted by molar-refractivity contribution is 5.98. The minimum Gasteiger partial charge on any atom is -0.382 e. The molecule has 5 rings (SSSR count). The monoisotopic (exact) mass is 559 g/mol. The van der Waals surface area contributed by atoms with Gasteiger partial charge in [0.15, 0.2) is 17.2 Å². The minimum absolute atomic E-state index is 0.0593. The lowest BCUT2D eigenvalue weighted by Gasteiger charge is -2.21. The molecule has 1 atom stereocenters. The van der Waals surface area contributed by atoms with Crippen molar-refractivity contribution in [3.8, 4) is 17.5 Å². The van der Waals surface area contributed by atoms with Crippen LogP contribution in [0.25, 0.3) is 22.1 Å². The summed E-state index contributed by atoms with van der Waals surface area (Å²) < 4.78 is 3.01. The summed E-state index contributed by atoms with van der Waals surface area (Å²) in [5.74, 6) is 5.44. The van der Waals surface area contributed by atoms with Gasteiger partial charge in [-0.3, -0.25) is 19.0 Å². The molecule has 2 aromatic carbocycles. The molecule has 210 valence electrons. The molecule has 0 saturated carbocycles. The number of carbonyl (C=O) groups is 2. The van der Waals surface area contributed by atoms with Crippen LogP contribution >= 0.6 is 0 Å². The van der Waals surface area contributed by atoms with Crippen LogP contribution < -0.4 is 21.9 Å². The molecule has 0 aliphatic carbocycles. The smallest absolute Gasteiger partial charge is 0.274 e. The molecule has 0 bridgehead atoms. The van der Waals surface area contributed by atoms with Crippen molar-refractivity contribution in [2.45, 2.75) is 26.3 Å². The molecule has 4 N–H and O–H groups in total. The van der Waals surface area contributed by atoms with E-state index >= 15 is 0 Å². The van der Waals surface area contributed by atoms with E-state index in [1.165, 1.54) is 10.6 Å².